The Bertz CT molecular complexity index is 402. The summed E-state index contributed by atoms with van der Waals surface area (Å²) in [6.07, 6.45) is 0. The van der Waals surface area contributed by atoms with E-state index in [0.717, 1.165) is 17.5 Å². The van der Waals surface area contributed by atoms with Crippen LogP contribution in [-0.2, 0) is 0 Å². The standard InChI is InChI=1S/C11H22N4OS/c1-8(2)15-9(16)13-14-10(15)17-7-6-12-11(3,4)5/h8,12H,6-7H2,1-5H3,(H,13,16). The van der Waals surface area contributed by atoms with Gasteiger partial charge < -0.3 is 5.32 Å². The SMILES string of the molecule is CC(C)n1c(SCCNC(C)(C)C)n[nH]c1=O. The third-order valence-electron chi connectivity index (χ3n) is 2.18. The highest BCUT2D eigenvalue weighted by Crippen LogP contribution is 2.16. The summed E-state index contributed by atoms with van der Waals surface area (Å²) in [6.45, 7) is 11.3. The zero-order chi connectivity index (χ0) is 13.1. The van der Waals surface area contributed by atoms with Crippen molar-refractivity contribution in [1.82, 2.24) is 20.1 Å². The molecule has 1 rings (SSSR count). The van der Waals surface area contributed by atoms with E-state index in [1.165, 1.54) is 0 Å². The van der Waals surface area contributed by atoms with Crippen LogP contribution in [0.25, 0.3) is 0 Å². The van der Waals surface area contributed by atoms with Crippen LogP contribution >= 0.6 is 11.8 Å². The maximum atomic E-state index is 11.5. The van der Waals surface area contributed by atoms with Gasteiger partial charge in [0.2, 0.25) is 0 Å². The summed E-state index contributed by atoms with van der Waals surface area (Å²) in [5.41, 5.74) is -0.00425. The van der Waals surface area contributed by atoms with Crippen molar-refractivity contribution < 1.29 is 0 Å². The van der Waals surface area contributed by atoms with Crippen LogP contribution in [0.2, 0.25) is 0 Å². The molecule has 0 fully saturated rings. The van der Waals surface area contributed by atoms with Gasteiger partial charge in [-0.2, -0.15) is 0 Å². The molecule has 0 atom stereocenters. The summed E-state index contributed by atoms with van der Waals surface area (Å²) in [4.78, 5) is 11.5. The van der Waals surface area contributed by atoms with Gasteiger partial charge in [-0.25, -0.2) is 9.89 Å². The molecule has 1 aromatic rings. The highest BCUT2D eigenvalue weighted by atomic mass is 32.2. The van der Waals surface area contributed by atoms with E-state index in [2.05, 4.69) is 36.3 Å². The molecule has 0 radical (unpaired) electrons. The first kappa shape index (κ1) is 14.3. The van der Waals surface area contributed by atoms with E-state index in [1.807, 2.05) is 13.8 Å². The lowest BCUT2D eigenvalue weighted by Crippen LogP contribution is -2.37. The van der Waals surface area contributed by atoms with Gasteiger partial charge >= 0.3 is 5.69 Å². The summed E-state index contributed by atoms with van der Waals surface area (Å²) in [7, 11) is 0. The molecule has 5 nitrogen and oxygen atoms in total. The number of hydrogen-bond donors (Lipinski definition) is 2. The molecule has 0 spiro atoms. The Morgan fingerprint density at radius 1 is 1.47 bits per heavy atom. The van der Waals surface area contributed by atoms with Gasteiger partial charge in [-0.15, -0.1) is 5.10 Å². The molecular weight excluding hydrogens is 236 g/mol. The number of hydrogen-bond acceptors (Lipinski definition) is 4. The molecule has 1 aromatic heterocycles. The summed E-state index contributed by atoms with van der Waals surface area (Å²) in [5, 5.41) is 10.7. The van der Waals surface area contributed by atoms with Crippen LogP contribution in [-0.4, -0.2) is 32.6 Å². The molecule has 0 aliphatic heterocycles. The molecular formula is C11H22N4OS. The minimum atomic E-state index is -0.133. The van der Waals surface area contributed by atoms with Gasteiger partial charge in [0.05, 0.1) is 0 Å². The Labute approximate surface area is 106 Å². The molecule has 0 aliphatic rings. The van der Waals surface area contributed by atoms with Gasteiger partial charge in [0, 0.05) is 23.9 Å². The molecule has 0 saturated heterocycles. The van der Waals surface area contributed by atoms with Gasteiger partial charge in [0.25, 0.3) is 0 Å². The quantitative estimate of drug-likeness (QED) is 0.622. The Hall–Kier alpha value is -0.750. The second kappa shape index (κ2) is 5.73. The zero-order valence-corrected chi connectivity index (χ0v) is 12.0. The van der Waals surface area contributed by atoms with Gasteiger partial charge in [-0.1, -0.05) is 11.8 Å². The molecule has 0 aromatic carbocycles. The van der Waals surface area contributed by atoms with Crippen molar-refractivity contribution in [2.24, 2.45) is 0 Å². The minimum absolute atomic E-state index is 0.129. The second-order valence-corrected chi connectivity index (χ2v) is 6.36. The van der Waals surface area contributed by atoms with E-state index >= 15 is 0 Å². The summed E-state index contributed by atoms with van der Waals surface area (Å²) in [5.74, 6) is 0.897. The summed E-state index contributed by atoms with van der Waals surface area (Å²) >= 11 is 1.59. The van der Waals surface area contributed by atoms with Crippen LogP contribution in [0.15, 0.2) is 9.95 Å². The van der Waals surface area contributed by atoms with E-state index in [9.17, 15) is 4.79 Å². The maximum absolute atomic E-state index is 11.5. The molecule has 0 bridgehead atoms. The van der Waals surface area contributed by atoms with Crippen molar-refractivity contribution >= 4 is 11.8 Å². The lowest BCUT2D eigenvalue weighted by atomic mass is 10.1. The number of aromatic nitrogens is 3. The fourth-order valence-electron chi connectivity index (χ4n) is 1.42. The molecule has 0 amide bonds. The van der Waals surface area contributed by atoms with Crippen molar-refractivity contribution in [3.63, 3.8) is 0 Å². The predicted octanol–water partition coefficient (Wildman–Crippen LogP) is 1.63. The third-order valence-corrected chi connectivity index (χ3v) is 3.13. The van der Waals surface area contributed by atoms with Gasteiger partial charge in [0.1, 0.15) is 0 Å². The van der Waals surface area contributed by atoms with E-state index < -0.39 is 0 Å². The first-order chi connectivity index (χ1) is 7.81. The van der Waals surface area contributed by atoms with Crippen molar-refractivity contribution in [1.29, 1.82) is 0 Å². The van der Waals surface area contributed by atoms with Crippen LogP contribution in [0.5, 0.6) is 0 Å². The van der Waals surface area contributed by atoms with Gasteiger partial charge in [0.15, 0.2) is 5.16 Å². The number of aromatic amines is 1. The zero-order valence-electron chi connectivity index (χ0n) is 11.2. The molecule has 2 N–H and O–H groups in total. The topological polar surface area (TPSA) is 62.7 Å². The molecule has 6 heteroatoms. The Kier molecular flexibility index (Phi) is 4.82. The first-order valence-corrected chi connectivity index (χ1v) is 6.84. The van der Waals surface area contributed by atoms with Crippen LogP contribution in [0.3, 0.4) is 0 Å². The summed E-state index contributed by atoms with van der Waals surface area (Å²) < 4.78 is 1.68. The average molecular weight is 258 g/mol. The van der Waals surface area contributed by atoms with Crippen LogP contribution in [0.4, 0.5) is 0 Å². The lowest BCUT2D eigenvalue weighted by molar-refractivity contribution is 0.441. The van der Waals surface area contributed by atoms with Crippen molar-refractivity contribution in [2.45, 2.75) is 51.4 Å². The highest BCUT2D eigenvalue weighted by Gasteiger charge is 2.12. The average Bonchev–Trinajstić information content (AvgIpc) is 2.53. The number of rotatable bonds is 5. The predicted molar refractivity (Wildman–Crippen MR) is 71.7 cm³/mol. The fraction of sp³-hybridized carbons (Fsp3) is 0.818. The lowest BCUT2D eigenvalue weighted by Gasteiger charge is -2.20. The molecule has 98 valence electrons. The molecule has 17 heavy (non-hydrogen) atoms. The van der Waals surface area contributed by atoms with Crippen molar-refractivity contribution in [3.8, 4) is 0 Å². The first-order valence-electron chi connectivity index (χ1n) is 5.86. The van der Waals surface area contributed by atoms with Crippen LogP contribution < -0.4 is 11.0 Å². The largest absolute Gasteiger partial charge is 0.344 e. The van der Waals surface area contributed by atoms with E-state index in [4.69, 9.17) is 0 Å². The third kappa shape index (κ3) is 4.55. The van der Waals surface area contributed by atoms with Gasteiger partial charge in [-0.05, 0) is 34.6 Å². The number of nitrogens with zero attached hydrogens (tertiary/aromatic N) is 2. The highest BCUT2D eigenvalue weighted by molar-refractivity contribution is 7.99. The minimum Gasteiger partial charge on any atom is -0.311 e. The van der Waals surface area contributed by atoms with E-state index in [-0.39, 0.29) is 17.3 Å². The molecule has 1 heterocycles. The summed E-state index contributed by atoms with van der Waals surface area (Å²) in [6, 6.07) is 0.138. The van der Waals surface area contributed by atoms with Gasteiger partial charge in [-0.3, -0.25) is 4.57 Å². The van der Waals surface area contributed by atoms with Crippen LogP contribution in [0, 0.1) is 0 Å². The van der Waals surface area contributed by atoms with E-state index in [1.54, 1.807) is 16.3 Å². The Morgan fingerprint density at radius 3 is 2.65 bits per heavy atom. The maximum Gasteiger partial charge on any atom is 0.344 e. The number of thioether (sulfide) groups is 1. The Morgan fingerprint density at radius 2 is 2.12 bits per heavy atom. The molecule has 0 aliphatic carbocycles. The van der Waals surface area contributed by atoms with Crippen molar-refractivity contribution in [2.75, 3.05) is 12.3 Å². The smallest absolute Gasteiger partial charge is 0.311 e. The molecule has 0 saturated carbocycles. The second-order valence-electron chi connectivity index (χ2n) is 5.30. The molecule has 0 unspecified atom stereocenters. The monoisotopic (exact) mass is 258 g/mol. The van der Waals surface area contributed by atoms with Crippen LogP contribution in [0.1, 0.15) is 40.7 Å². The number of nitrogens with one attached hydrogen (secondary N) is 2. The van der Waals surface area contributed by atoms with E-state index in [0.29, 0.717) is 0 Å². The van der Waals surface area contributed by atoms with Crippen molar-refractivity contribution in [3.05, 3.63) is 10.5 Å². The Balaban J connectivity index is 2.50. The number of H-pyrrole nitrogens is 1. The normalized spacial score (nSPS) is 12.4. The fourth-order valence-corrected chi connectivity index (χ4v) is 2.35.